The molecule has 47 heavy (non-hydrogen) atoms. The van der Waals surface area contributed by atoms with Crippen molar-refractivity contribution in [2.24, 2.45) is 0 Å². The van der Waals surface area contributed by atoms with Crippen molar-refractivity contribution in [2.45, 2.75) is 25.4 Å². The van der Waals surface area contributed by atoms with Crippen LogP contribution in [0.2, 0.25) is 0 Å². The van der Waals surface area contributed by atoms with E-state index in [-0.39, 0.29) is 50.2 Å². The van der Waals surface area contributed by atoms with Gasteiger partial charge < -0.3 is 24.3 Å². The van der Waals surface area contributed by atoms with Crippen LogP contribution in [-0.2, 0) is 26.1 Å². The van der Waals surface area contributed by atoms with Crippen LogP contribution >= 0.6 is 0 Å². The van der Waals surface area contributed by atoms with Gasteiger partial charge in [-0.1, -0.05) is 6.07 Å². The van der Waals surface area contributed by atoms with Crippen LogP contribution in [0.25, 0.3) is 22.6 Å². The fraction of sp³-hybridized carbons (Fsp3) is 0.312. The summed E-state index contributed by atoms with van der Waals surface area (Å²) in [4.78, 5) is 34.5. The number of nitro groups is 1. The molecule has 15 heteroatoms. The number of carboxylic acid groups (broad SMARTS) is 1. The number of nitrogens with one attached hydrogen (secondary N) is 1. The first kappa shape index (κ1) is 33.5. The summed E-state index contributed by atoms with van der Waals surface area (Å²) in [6.07, 6.45) is 2.78. The number of carboxylic acids is 1. The average molecular weight is 670 g/mol. The van der Waals surface area contributed by atoms with Gasteiger partial charge in [0.1, 0.15) is 22.9 Å². The summed E-state index contributed by atoms with van der Waals surface area (Å²) >= 11 is 0. The SMILES string of the molecule is CNC(=O)c1cc2c(C3CC3)c(N(CCOCCOCc3ccc(C(=O)O)c([N+](=O)[O-])c3)S(C)(=O)=O)cc-2oc1-c1ccc(F)cc1. The van der Waals surface area contributed by atoms with E-state index in [1.807, 2.05) is 0 Å². The van der Waals surface area contributed by atoms with Crippen LogP contribution in [0.5, 0.6) is 0 Å². The predicted octanol–water partition coefficient (Wildman–Crippen LogP) is 5.03. The van der Waals surface area contributed by atoms with E-state index in [1.54, 1.807) is 12.1 Å². The maximum Gasteiger partial charge on any atom is 0.342 e. The number of ether oxygens (including phenoxy) is 2. The lowest BCUT2D eigenvalue weighted by Crippen LogP contribution is -2.33. The van der Waals surface area contributed by atoms with Gasteiger partial charge in [0, 0.05) is 30.3 Å². The van der Waals surface area contributed by atoms with Crippen molar-refractivity contribution in [1.29, 1.82) is 0 Å². The van der Waals surface area contributed by atoms with Crippen LogP contribution in [0.15, 0.2) is 59.0 Å². The average Bonchev–Trinajstić information content (AvgIpc) is 3.80. The molecule has 2 aromatic rings. The summed E-state index contributed by atoms with van der Waals surface area (Å²) in [7, 11) is -2.30. The summed E-state index contributed by atoms with van der Waals surface area (Å²) in [5, 5.41) is 22.9. The van der Waals surface area contributed by atoms with E-state index in [9.17, 15) is 32.5 Å². The van der Waals surface area contributed by atoms with Crippen LogP contribution in [-0.4, -0.2) is 70.0 Å². The zero-order chi connectivity index (χ0) is 33.9. The fourth-order valence-electron chi connectivity index (χ4n) is 5.31. The van der Waals surface area contributed by atoms with Gasteiger partial charge in [-0.3, -0.25) is 19.2 Å². The third-order valence-corrected chi connectivity index (χ3v) is 8.83. The number of sulfonamides is 1. The van der Waals surface area contributed by atoms with E-state index >= 15 is 0 Å². The minimum Gasteiger partial charge on any atom is -0.477 e. The smallest absolute Gasteiger partial charge is 0.342 e. The molecule has 0 saturated heterocycles. The van der Waals surface area contributed by atoms with Crippen molar-refractivity contribution in [1.82, 2.24) is 5.32 Å². The standard InChI is InChI=1S/C32H32FN3O10S/c1-34-31(37)25-16-24-28(46-30(25)21-6-8-22(33)9-7-21)17-27(29(24)20-4-5-20)35(47(2,42)43)11-12-44-13-14-45-18-19-3-10-23(32(38)39)26(15-19)36(40)41/h3,6-10,15-17,20H,4-5,11-14,18H2,1-2H3,(H,34,37)(H,38,39). The van der Waals surface area contributed by atoms with Gasteiger partial charge in [0.25, 0.3) is 11.6 Å². The highest BCUT2D eigenvalue weighted by Crippen LogP contribution is 2.53. The van der Waals surface area contributed by atoms with Crippen LogP contribution < -0.4 is 9.62 Å². The number of nitro benzene ring substituents is 1. The second kappa shape index (κ2) is 13.9. The minimum atomic E-state index is -3.78. The Hall–Kier alpha value is -4.86. The third-order valence-electron chi connectivity index (χ3n) is 7.65. The Kier molecular flexibility index (Phi) is 9.88. The number of hydrogen-bond donors (Lipinski definition) is 2. The van der Waals surface area contributed by atoms with Crippen molar-refractivity contribution >= 4 is 33.3 Å². The lowest BCUT2D eigenvalue weighted by molar-refractivity contribution is -0.385. The number of carbonyl (C=O) groups is 2. The number of nitrogens with zero attached hydrogens (tertiary/aromatic N) is 2. The number of carbonyl (C=O) groups excluding carboxylic acids is 1. The number of rotatable bonds is 15. The normalized spacial score (nSPS) is 13.1. The largest absolute Gasteiger partial charge is 0.477 e. The molecular formula is C32H32FN3O10S. The zero-order valence-corrected chi connectivity index (χ0v) is 26.3. The van der Waals surface area contributed by atoms with Crippen molar-refractivity contribution in [3.8, 4) is 22.6 Å². The molecule has 1 saturated carbocycles. The molecule has 1 fully saturated rings. The summed E-state index contributed by atoms with van der Waals surface area (Å²) < 4.78 is 58.4. The summed E-state index contributed by atoms with van der Waals surface area (Å²) in [6.45, 7) is 0.157. The molecule has 1 aliphatic heterocycles. The molecule has 2 aromatic carbocycles. The Morgan fingerprint density at radius 1 is 1.06 bits per heavy atom. The summed E-state index contributed by atoms with van der Waals surface area (Å²) in [5.74, 6) is -1.58. The van der Waals surface area contributed by atoms with Gasteiger partial charge in [-0.05, 0) is 66.3 Å². The number of aromatic carboxylic acids is 1. The molecule has 1 amide bonds. The van der Waals surface area contributed by atoms with Gasteiger partial charge in [0.05, 0.1) is 55.4 Å². The second-order valence-corrected chi connectivity index (χ2v) is 12.9. The van der Waals surface area contributed by atoms with E-state index in [0.29, 0.717) is 28.1 Å². The maximum atomic E-state index is 13.6. The number of halogens is 1. The third kappa shape index (κ3) is 7.59. The molecule has 0 atom stereocenters. The Morgan fingerprint density at radius 3 is 2.38 bits per heavy atom. The highest BCUT2D eigenvalue weighted by atomic mass is 32.2. The van der Waals surface area contributed by atoms with Crippen LogP contribution in [0.3, 0.4) is 0 Å². The number of fused-ring (bicyclic) bond motifs is 1. The van der Waals surface area contributed by atoms with Crippen LogP contribution in [0.4, 0.5) is 15.8 Å². The summed E-state index contributed by atoms with van der Waals surface area (Å²) in [5.41, 5.74) is 1.97. The van der Waals surface area contributed by atoms with Crippen molar-refractivity contribution in [2.75, 3.05) is 44.0 Å². The van der Waals surface area contributed by atoms with Gasteiger partial charge >= 0.3 is 5.97 Å². The van der Waals surface area contributed by atoms with Crippen molar-refractivity contribution in [3.63, 3.8) is 0 Å². The topological polar surface area (TPSA) is 179 Å². The van der Waals surface area contributed by atoms with Gasteiger partial charge in [-0.25, -0.2) is 17.6 Å². The van der Waals surface area contributed by atoms with Crippen LogP contribution in [0, 0.1) is 15.9 Å². The van der Waals surface area contributed by atoms with Gasteiger partial charge in [0.2, 0.25) is 10.0 Å². The van der Waals surface area contributed by atoms with Gasteiger partial charge in [0.15, 0.2) is 0 Å². The molecule has 1 heterocycles. The maximum absolute atomic E-state index is 13.6. The van der Waals surface area contributed by atoms with E-state index in [1.165, 1.54) is 41.7 Å². The van der Waals surface area contributed by atoms with E-state index in [0.717, 1.165) is 36.8 Å². The first-order valence-electron chi connectivity index (χ1n) is 14.6. The number of amides is 1. The van der Waals surface area contributed by atoms with Crippen molar-refractivity contribution < 1.29 is 46.3 Å². The molecule has 0 radical (unpaired) electrons. The molecule has 0 unspecified atom stereocenters. The summed E-state index contributed by atoms with van der Waals surface area (Å²) in [6, 6.07) is 12.6. The number of benzene rings is 2. The fourth-order valence-corrected chi connectivity index (χ4v) is 6.22. The Morgan fingerprint density at radius 2 is 1.77 bits per heavy atom. The van der Waals surface area contributed by atoms with E-state index in [2.05, 4.69) is 5.32 Å². The molecule has 0 bridgehead atoms. The first-order chi connectivity index (χ1) is 22.4. The monoisotopic (exact) mass is 669 g/mol. The number of hydrogen-bond acceptors (Lipinski definition) is 9. The molecule has 3 aliphatic rings. The lowest BCUT2D eigenvalue weighted by Gasteiger charge is -2.23. The molecule has 2 N–H and O–H groups in total. The van der Waals surface area contributed by atoms with E-state index in [4.69, 9.17) is 19.0 Å². The van der Waals surface area contributed by atoms with Gasteiger partial charge in [-0.2, -0.15) is 0 Å². The molecule has 0 spiro atoms. The molecule has 248 valence electrons. The lowest BCUT2D eigenvalue weighted by atomic mass is 10.0. The Balaban J connectivity index is 1.31. The molecule has 2 aliphatic carbocycles. The second-order valence-electron chi connectivity index (χ2n) is 11.0. The highest BCUT2D eigenvalue weighted by molar-refractivity contribution is 7.92. The minimum absolute atomic E-state index is 0.0162. The molecule has 0 aromatic heterocycles. The highest BCUT2D eigenvalue weighted by Gasteiger charge is 2.37. The molecule has 5 rings (SSSR count). The first-order valence-corrected chi connectivity index (χ1v) is 16.5. The van der Waals surface area contributed by atoms with Crippen molar-refractivity contribution in [3.05, 3.63) is 92.8 Å². The van der Waals surface area contributed by atoms with E-state index < -0.39 is 43.9 Å². The molecular weight excluding hydrogens is 637 g/mol. The Bertz CT molecular complexity index is 1890. The Labute approximate surface area is 269 Å². The van der Waals surface area contributed by atoms with Gasteiger partial charge in [-0.15, -0.1) is 0 Å². The van der Waals surface area contributed by atoms with Crippen LogP contribution in [0.1, 0.15) is 50.6 Å². The quantitative estimate of drug-likeness (QED) is 0.0990. The number of anilines is 1. The molecule has 13 nitrogen and oxygen atoms in total. The predicted molar refractivity (Wildman–Crippen MR) is 169 cm³/mol. The zero-order valence-electron chi connectivity index (χ0n) is 25.5.